The quantitative estimate of drug-likeness (QED) is 0.639. The molecular weight excluding hydrogens is 288 g/mol. The zero-order chi connectivity index (χ0) is 16.1. The van der Waals surface area contributed by atoms with E-state index in [9.17, 15) is 19.7 Å². The van der Waals surface area contributed by atoms with Crippen molar-refractivity contribution in [3.63, 3.8) is 0 Å². The lowest BCUT2D eigenvalue weighted by molar-refractivity contribution is -0.385. The van der Waals surface area contributed by atoms with Crippen molar-refractivity contribution in [1.29, 1.82) is 0 Å². The molecule has 0 radical (unpaired) electrons. The molecule has 7 heteroatoms. The van der Waals surface area contributed by atoms with Crippen LogP contribution in [0.25, 0.3) is 0 Å². The van der Waals surface area contributed by atoms with Crippen LogP contribution in [0.3, 0.4) is 0 Å². The van der Waals surface area contributed by atoms with Crippen molar-refractivity contribution < 1.29 is 19.6 Å². The van der Waals surface area contributed by atoms with Crippen molar-refractivity contribution in [2.75, 3.05) is 0 Å². The Hall–Kier alpha value is -2.44. The number of nitro groups is 1. The fourth-order valence-electron chi connectivity index (χ4n) is 2.82. The first kappa shape index (κ1) is 15.9. The van der Waals surface area contributed by atoms with E-state index >= 15 is 0 Å². The number of aliphatic carboxylic acids is 1. The van der Waals surface area contributed by atoms with Crippen molar-refractivity contribution in [2.24, 2.45) is 11.8 Å². The number of hydrogen-bond acceptors (Lipinski definition) is 4. The third kappa shape index (κ3) is 3.81. The maximum absolute atomic E-state index is 12.1. The van der Waals surface area contributed by atoms with Crippen LogP contribution in [-0.2, 0) is 16.1 Å². The van der Waals surface area contributed by atoms with Crippen molar-refractivity contribution in [3.05, 3.63) is 39.9 Å². The largest absolute Gasteiger partial charge is 0.481 e. The third-order valence-corrected chi connectivity index (χ3v) is 4.04. The maximum atomic E-state index is 12.1. The van der Waals surface area contributed by atoms with Crippen LogP contribution >= 0.6 is 0 Å². The first-order valence-electron chi connectivity index (χ1n) is 7.22. The van der Waals surface area contributed by atoms with Gasteiger partial charge in [0.15, 0.2) is 0 Å². The van der Waals surface area contributed by atoms with Gasteiger partial charge in [0.2, 0.25) is 5.91 Å². The first-order valence-corrected chi connectivity index (χ1v) is 7.22. The van der Waals surface area contributed by atoms with E-state index in [4.69, 9.17) is 5.11 Å². The number of nitrogens with zero attached hydrogens (tertiary/aromatic N) is 1. The number of nitrogens with one attached hydrogen (secondary N) is 1. The smallest absolute Gasteiger partial charge is 0.306 e. The van der Waals surface area contributed by atoms with E-state index in [2.05, 4.69) is 5.32 Å². The van der Waals surface area contributed by atoms with Gasteiger partial charge < -0.3 is 10.4 Å². The molecule has 1 aromatic rings. The number of carbonyl (C=O) groups is 2. The molecule has 0 aliphatic heterocycles. The summed E-state index contributed by atoms with van der Waals surface area (Å²) in [6.45, 7) is 0.0736. The van der Waals surface area contributed by atoms with Gasteiger partial charge in [0.1, 0.15) is 0 Å². The Morgan fingerprint density at radius 1 is 1.27 bits per heavy atom. The molecule has 2 atom stereocenters. The molecule has 22 heavy (non-hydrogen) atoms. The molecule has 0 bridgehead atoms. The molecule has 2 rings (SSSR count). The predicted octanol–water partition coefficient (Wildman–Crippen LogP) is 2.10. The van der Waals surface area contributed by atoms with Crippen LogP contribution < -0.4 is 5.32 Å². The van der Waals surface area contributed by atoms with E-state index in [0.717, 1.165) is 0 Å². The molecule has 1 aromatic carbocycles. The van der Waals surface area contributed by atoms with Crippen LogP contribution in [-0.4, -0.2) is 21.9 Å². The summed E-state index contributed by atoms with van der Waals surface area (Å²) in [5, 5.41) is 22.6. The van der Waals surface area contributed by atoms with Gasteiger partial charge in [-0.1, -0.05) is 24.6 Å². The van der Waals surface area contributed by atoms with E-state index in [1.807, 2.05) is 0 Å². The van der Waals surface area contributed by atoms with Crippen molar-refractivity contribution in [1.82, 2.24) is 5.32 Å². The number of carboxylic acid groups (broad SMARTS) is 1. The number of rotatable bonds is 5. The van der Waals surface area contributed by atoms with Gasteiger partial charge in [-0.25, -0.2) is 0 Å². The molecule has 2 N–H and O–H groups in total. The van der Waals surface area contributed by atoms with E-state index in [1.165, 1.54) is 6.07 Å². The highest BCUT2D eigenvalue weighted by atomic mass is 16.6. The van der Waals surface area contributed by atoms with Gasteiger partial charge in [-0.2, -0.15) is 0 Å². The Labute approximate surface area is 127 Å². The standard InChI is InChI=1S/C15H18N2O5/c18-14(10-5-3-6-11(8-10)15(19)20)16-9-12-4-1-2-7-13(12)17(21)22/h1-2,4,7,10-11H,3,5-6,8-9H2,(H,16,18)(H,19,20). The van der Waals surface area contributed by atoms with Gasteiger partial charge in [0.25, 0.3) is 5.69 Å². The number of amides is 1. The average molecular weight is 306 g/mol. The Morgan fingerprint density at radius 3 is 2.64 bits per heavy atom. The number of para-hydroxylation sites is 1. The summed E-state index contributed by atoms with van der Waals surface area (Å²) >= 11 is 0. The number of hydrogen-bond donors (Lipinski definition) is 2. The Kier molecular flexibility index (Phi) is 5.08. The summed E-state index contributed by atoms with van der Waals surface area (Å²) in [5.41, 5.74) is 0.404. The number of nitro benzene ring substituents is 1. The number of carboxylic acids is 1. The van der Waals surface area contributed by atoms with Crippen LogP contribution in [0, 0.1) is 22.0 Å². The topological polar surface area (TPSA) is 110 Å². The maximum Gasteiger partial charge on any atom is 0.306 e. The highest BCUT2D eigenvalue weighted by Gasteiger charge is 2.31. The summed E-state index contributed by atoms with van der Waals surface area (Å²) in [4.78, 5) is 33.6. The van der Waals surface area contributed by atoms with Gasteiger partial charge in [0, 0.05) is 24.1 Å². The Morgan fingerprint density at radius 2 is 1.95 bits per heavy atom. The monoisotopic (exact) mass is 306 g/mol. The van der Waals surface area contributed by atoms with Crippen LogP contribution in [0.15, 0.2) is 24.3 Å². The van der Waals surface area contributed by atoms with Crippen LogP contribution in [0.5, 0.6) is 0 Å². The summed E-state index contributed by atoms with van der Waals surface area (Å²) in [6, 6.07) is 6.24. The fourth-order valence-corrected chi connectivity index (χ4v) is 2.82. The zero-order valence-corrected chi connectivity index (χ0v) is 12.0. The molecule has 1 saturated carbocycles. The number of carbonyl (C=O) groups excluding carboxylic acids is 1. The van der Waals surface area contributed by atoms with E-state index < -0.39 is 16.8 Å². The second-order valence-corrected chi connectivity index (χ2v) is 5.50. The molecule has 118 valence electrons. The predicted molar refractivity (Wildman–Crippen MR) is 78.0 cm³/mol. The number of benzene rings is 1. The van der Waals surface area contributed by atoms with E-state index in [1.54, 1.807) is 18.2 Å². The van der Waals surface area contributed by atoms with Gasteiger partial charge in [-0.3, -0.25) is 19.7 Å². The minimum atomic E-state index is -0.865. The lowest BCUT2D eigenvalue weighted by Crippen LogP contribution is -2.35. The summed E-state index contributed by atoms with van der Waals surface area (Å²) in [5.74, 6) is -1.91. The summed E-state index contributed by atoms with van der Waals surface area (Å²) < 4.78 is 0. The lowest BCUT2D eigenvalue weighted by atomic mass is 9.81. The van der Waals surface area contributed by atoms with E-state index in [-0.39, 0.29) is 24.1 Å². The summed E-state index contributed by atoms with van der Waals surface area (Å²) in [7, 11) is 0. The SMILES string of the molecule is O=C(O)C1CCCC(C(=O)NCc2ccccc2[N+](=O)[O-])C1. The minimum Gasteiger partial charge on any atom is -0.481 e. The van der Waals surface area contributed by atoms with Crippen molar-refractivity contribution in [2.45, 2.75) is 32.2 Å². The molecule has 2 unspecified atom stereocenters. The first-order chi connectivity index (χ1) is 10.5. The molecule has 1 aliphatic rings. The highest BCUT2D eigenvalue weighted by Crippen LogP contribution is 2.29. The molecule has 0 spiro atoms. The molecule has 7 nitrogen and oxygen atoms in total. The lowest BCUT2D eigenvalue weighted by Gasteiger charge is -2.25. The second-order valence-electron chi connectivity index (χ2n) is 5.50. The Balaban J connectivity index is 1.95. The minimum absolute atomic E-state index is 0.0325. The summed E-state index contributed by atoms with van der Waals surface area (Å²) in [6.07, 6.45) is 2.30. The molecule has 0 heterocycles. The molecule has 1 aliphatic carbocycles. The zero-order valence-electron chi connectivity index (χ0n) is 12.0. The normalized spacial score (nSPS) is 21.1. The third-order valence-electron chi connectivity index (χ3n) is 4.04. The second kappa shape index (κ2) is 7.02. The van der Waals surface area contributed by atoms with Crippen molar-refractivity contribution >= 4 is 17.6 Å². The fraction of sp³-hybridized carbons (Fsp3) is 0.467. The molecule has 1 fully saturated rings. The molecule has 1 amide bonds. The van der Waals surface area contributed by atoms with Gasteiger partial charge in [-0.15, -0.1) is 0 Å². The van der Waals surface area contributed by atoms with Crippen LogP contribution in [0.1, 0.15) is 31.2 Å². The highest BCUT2D eigenvalue weighted by molar-refractivity contribution is 5.80. The molecule has 0 aromatic heterocycles. The van der Waals surface area contributed by atoms with Gasteiger partial charge in [0.05, 0.1) is 10.8 Å². The van der Waals surface area contributed by atoms with Gasteiger partial charge in [-0.05, 0) is 19.3 Å². The van der Waals surface area contributed by atoms with Gasteiger partial charge >= 0.3 is 5.97 Å². The molecule has 0 saturated heterocycles. The average Bonchev–Trinajstić information content (AvgIpc) is 2.52. The van der Waals surface area contributed by atoms with E-state index in [0.29, 0.717) is 31.2 Å². The Bertz CT molecular complexity index is 587. The van der Waals surface area contributed by atoms with Crippen LogP contribution in [0.4, 0.5) is 5.69 Å². The van der Waals surface area contributed by atoms with Crippen molar-refractivity contribution in [3.8, 4) is 0 Å². The molecular formula is C15H18N2O5. The van der Waals surface area contributed by atoms with Crippen LogP contribution in [0.2, 0.25) is 0 Å².